The van der Waals surface area contributed by atoms with E-state index in [2.05, 4.69) is 4.98 Å². The van der Waals surface area contributed by atoms with Crippen LogP contribution in [0.2, 0.25) is 0 Å². The van der Waals surface area contributed by atoms with Crippen molar-refractivity contribution in [3.8, 4) is 11.4 Å². The summed E-state index contributed by atoms with van der Waals surface area (Å²) in [7, 11) is 0. The monoisotopic (exact) mass is 376 g/mol. The summed E-state index contributed by atoms with van der Waals surface area (Å²) >= 11 is 0. The maximum absolute atomic E-state index is 12.8. The Bertz CT molecular complexity index is 814. The second-order valence-corrected chi connectivity index (χ2v) is 4.77. The van der Waals surface area contributed by atoms with Crippen molar-refractivity contribution in [2.45, 2.75) is 18.5 Å². The first-order valence-electron chi connectivity index (χ1n) is 6.16. The van der Waals surface area contributed by atoms with Crippen LogP contribution in [0, 0.1) is 0 Å². The van der Waals surface area contributed by atoms with Crippen molar-refractivity contribution in [3.63, 3.8) is 0 Å². The van der Waals surface area contributed by atoms with Gasteiger partial charge < -0.3 is 4.98 Å². The predicted octanol–water partition coefficient (Wildman–Crippen LogP) is 4.49. The summed E-state index contributed by atoms with van der Waals surface area (Å²) in [5.41, 5.74) is -7.61. The van der Waals surface area contributed by atoms with Gasteiger partial charge in [0.05, 0.1) is 11.1 Å². The van der Waals surface area contributed by atoms with Gasteiger partial charge in [-0.1, -0.05) is 0 Å². The smallest absolute Gasteiger partial charge is 0.307 e. The summed E-state index contributed by atoms with van der Waals surface area (Å²) in [6.07, 6.45) is -15.5. The number of nitrogens with one attached hydrogen (secondary N) is 1. The average molecular weight is 376 g/mol. The molecule has 0 aliphatic rings. The highest BCUT2D eigenvalue weighted by molar-refractivity contribution is 5.58. The Morgan fingerprint density at radius 3 is 1.60 bits per heavy atom. The zero-order chi connectivity index (χ0) is 19.2. The lowest BCUT2D eigenvalue weighted by molar-refractivity contribution is -0.143. The molecule has 2 rings (SSSR count). The number of alkyl halides is 9. The summed E-state index contributed by atoms with van der Waals surface area (Å²) in [6.45, 7) is 0. The Labute approximate surface area is 132 Å². The van der Waals surface area contributed by atoms with Gasteiger partial charge in [-0.15, -0.1) is 0 Å². The molecule has 25 heavy (non-hydrogen) atoms. The Kier molecular flexibility index (Phi) is 4.34. The Hall–Kier alpha value is -2.53. The third kappa shape index (κ3) is 4.31. The molecule has 0 bridgehead atoms. The lowest BCUT2D eigenvalue weighted by atomic mass is 10.0. The molecule has 1 aromatic heterocycles. The van der Waals surface area contributed by atoms with Crippen molar-refractivity contribution in [2.24, 2.45) is 0 Å². The minimum Gasteiger partial charge on any atom is -0.307 e. The number of aromatic nitrogens is 2. The fraction of sp³-hybridized carbons (Fsp3) is 0.231. The van der Waals surface area contributed by atoms with Crippen molar-refractivity contribution in [1.29, 1.82) is 0 Å². The first-order valence-corrected chi connectivity index (χ1v) is 6.16. The summed E-state index contributed by atoms with van der Waals surface area (Å²) in [5, 5.41) is 0. The highest BCUT2D eigenvalue weighted by Crippen LogP contribution is 2.38. The van der Waals surface area contributed by atoms with Crippen LogP contribution in [0.4, 0.5) is 39.5 Å². The number of H-pyrrole nitrogens is 1. The van der Waals surface area contributed by atoms with Gasteiger partial charge in [0, 0.05) is 11.6 Å². The number of aromatic amines is 1. The molecule has 2 aromatic rings. The van der Waals surface area contributed by atoms with Crippen LogP contribution >= 0.6 is 0 Å². The van der Waals surface area contributed by atoms with Gasteiger partial charge in [0.1, 0.15) is 5.82 Å². The molecular weight excluding hydrogens is 371 g/mol. The van der Waals surface area contributed by atoms with Crippen LogP contribution < -0.4 is 5.56 Å². The first-order chi connectivity index (χ1) is 11.2. The largest absolute Gasteiger partial charge is 0.433 e. The summed E-state index contributed by atoms with van der Waals surface area (Å²) in [6, 6.07) is 0.151. The maximum Gasteiger partial charge on any atom is 0.433 e. The maximum atomic E-state index is 12.8. The molecule has 0 aliphatic heterocycles. The molecule has 0 amide bonds. The van der Waals surface area contributed by atoms with Gasteiger partial charge in [0.15, 0.2) is 5.69 Å². The molecule has 0 saturated heterocycles. The van der Waals surface area contributed by atoms with Crippen LogP contribution in [-0.4, -0.2) is 9.97 Å². The number of benzene rings is 1. The molecule has 0 saturated carbocycles. The van der Waals surface area contributed by atoms with E-state index in [0.717, 1.165) is 0 Å². The fourth-order valence-electron chi connectivity index (χ4n) is 1.83. The summed E-state index contributed by atoms with van der Waals surface area (Å²) < 4.78 is 114. The molecule has 12 heteroatoms. The van der Waals surface area contributed by atoms with E-state index in [1.165, 1.54) is 0 Å². The van der Waals surface area contributed by atoms with E-state index in [4.69, 9.17) is 0 Å². The van der Waals surface area contributed by atoms with Gasteiger partial charge in [-0.05, 0) is 18.2 Å². The molecule has 0 radical (unpaired) electrons. The van der Waals surface area contributed by atoms with E-state index in [0.29, 0.717) is 0 Å². The van der Waals surface area contributed by atoms with Crippen LogP contribution in [0.1, 0.15) is 16.8 Å². The first kappa shape index (κ1) is 18.8. The minimum atomic E-state index is -5.20. The number of nitrogens with zero attached hydrogens (tertiary/aromatic N) is 1. The van der Waals surface area contributed by atoms with Crippen LogP contribution in [0.5, 0.6) is 0 Å². The van der Waals surface area contributed by atoms with E-state index in [1.807, 2.05) is 0 Å². The molecule has 0 spiro atoms. The number of hydrogen-bond donors (Lipinski definition) is 1. The minimum absolute atomic E-state index is 0.0295. The molecule has 0 fully saturated rings. The van der Waals surface area contributed by atoms with Crippen molar-refractivity contribution < 1.29 is 39.5 Å². The standard InChI is InChI=1S/C13H5F9N2O/c14-11(15,16)6-1-5(2-7(3-6)12(17,18)19)10-23-8(13(20,21)22)4-9(25)24-10/h1-4H,(H,23,24,25). The van der Waals surface area contributed by atoms with Gasteiger partial charge in [0.2, 0.25) is 0 Å². The van der Waals surface area contributed by atoms with Gasteiger partial charge >= 0.3 is 18.5 Å². The van der Waals surface area contributed by atoms with Crippen molar-refractivity contribution in [3.05, 3.63) is 51.4 Å². The van der Waals surface area contributed by atoms with Crippen molar-refractivity contribution >= 4 is 0 Å². The van der Waals surface area contributed by atoms with Gasteiger partial charge in [-0.2, -0.15) is 39.5 Å². The predicted molar refractivity (Wildman–Crippen MR) is 65.3 cm³/mol. The van der Waals surface area contributed by atoms with E-state index >= 15 is 0 Å². The molecule has 1 heterocycles. The molecule has 0 atom stereocenters. The number of hydrogen-bond acceptors (Lipinski definition) is 2. The highest BCUT2D eigenvalue weighted by atomic mass is 19.4. The molecule has 0 unspecified atom stereocenters. The third-order valence-corrected chi connectivity index (χ3v) is 2.89. The van der Waals surface area contributed by atoms with Crippen molar-refractivity contribution in [1.82, 2.24) is 9.97 Å². The highest BCUT2D eigenvalue weighted by Gasteiger charge is 2.38. The quantitative estimate of drug-likeness (QED) is 0.746. The van der Waals surface area contributed by atoms with Crippen molar-refractivity contribution in [2.75, 3.05) is 0 Å². The van der Waals surface area contributed by atoms with Gasteiger partial charge in [0.25, 0.3) is 5.56 Å². The average Bonchev–Trinajstić information content (AvgIpc) is 2.43. The van der Waals surface area contributed by atoms with Crippen LogP contribution in [-0.2, 0) is 18.5 Å². The van der Waals surface area contributed by atoms with E-state index in [9.17, 15) is 44.3 Å². The molecule has 1 aromatic carbocycles. The second-order valence-electron chi connectivity index (χ2n) is 4.77. The SMILES string of the molecule is O=c1cc(C(F)(F)F)nc(-c2cc(C(F)(F)F)cc(C(F)(F)F)c2)[nH]1. The normalized spacial score (nSPS) is 13.2. The summed E-state index contributed by atoms with van der Waals surface area (Å²) in [5.74, 6) is -1.07. The fourth-order valence-corrected chi connectivity index (χ4v) is 1.83. The molecule has 0 aliphatic carbocycles. The zero-order valence-corrected chi connectivity index (χ0v) is 11.6. The van der Waals surface area contributed by atoms with Gasteiger partial charge in [-0.3, -0.25) is 4.79 Å². The number of rotatable bonds is 1. The Morgan fingerprint density at radius 2 is 1.20 bits per heavy atom. The van der Waals surface area contributed by atoms with Gasteiger partial charge in [-0.25, -0.2) is 4.98 Å². The van der Waals surface area contributed by atoms with Crippen LogP contribution in [0.15, 0.2) is 29.1 Å². The zero-order valence-electron chi connectivity index (χ0n) is 11.6. The number of halogens is 9. The van der Waals surface area contributed by atoms with Crippen LogP contribution in [0.3, 0.4) is 0 Å². The van der Waals surface area contributed by atoms with Crippen LogP contribution in [0.25, 0.3) is 11.4 Å². The lowest BCUT2D eigenvalue weighted by Gasteiger charge is -2.14. The summed E-state index contributed by atoms with van der Waals surface area (Å²) in [4.78, 5) is 15.9. The Balaban J connectivity index is 2.75. The molecule has 136 valence electrons. The second kappa shape index (κ2) is 5.77. The van der Waals surface area contributed by atoms with E-state index < -0.39 is 52.3 Å². The molecular formula is C13H5F9N2O. The molecule has 1 N–H and O–H groups in total. The Morgan fingerprint density at radius 1 is 0.720 bits per heavy atom. The van der Waals surface area contributed by atoms with E-state index in [-0.39, 0.29) is 24.3 Å². The molecule has 3 nitrogen and oxygen atoms in total. The van der Waals surface area contributed by atoms with E-state index in [1.54, 1.807) is 4.98 Å². The third-order valence-electron chi connectivity index (χ3n) is 2.89. The lowest BCUT2D eigenvalue weighted by Crippen LogP contribution is -2.17. The topological polar surface area (TPSA) is 45.8 Å².